The third-order valence-corrected chi connectivity index (χ3v) is 4.85. The summed E-state index contributed by atoms with van der Waals surface area (Å²) >= 11 is 0. The lowest BCUT2D eigenvalue weighted by Gasteiger charge is -2.19. The van der Waals surface area contributed by atoms with Gasteiger partial charge < -0.3 is 10.6 Å². The summed E-state index contributed by atoms with van der Waals surface area (Å²) in [4.78, 5) is 12.0. The maximum absolute atomic E-state index is 13.8. The topological polar surface area (TPSA) is 73.4 Å². The van der Waals surface area contributed by atoms with Gasteiger partial charge in [0.05, 0.1) is 0 Å². The number of rotatable bonds is 10. The van der Waals surface area contributed by atoms with Gasteiger partial charge in [-0.1, -0.05) is 12.1 Å². The first kappa shape index (κ1) is 22.8. The van der Waals surface area contributed by atoms with Crippen LogP contribution < -0.4 is 16.1 Å². The number of hydrogen-bond donors (Lipinski definition) is 4. The summed E-state index contributed by atoms with van der Waals surface area (Å²) in [6.45, 7) is 6.47. The largest absolute Gasteiger partial charge is 0.374 e. The van der Waals surface area contributed by atoms with Crippen LogP contribution in [0.4, 0.5) is 14.5 Å². The van der Waals surface area contributed by atoms with Gasteiger partial charge in [0.1, 0.15) is 17.7 Å². The van der Waals surface area contributed by atoms with Crippen LogP contribution in [0, 0.1) is 32.4 Å². The Hall–Kier alpha value is -2.51. The molecule has 0 saturated heterocycles. The third-order valence-electron chi connectivity index (χ3n) is 4.85. The molecule has 0 aliphatic carbocycles. The Morgan fingerprint density at radius 3 is 2.34 bits per heavy atom. The van der Waals surface area contributed by atoms with E-state index in [1.165, 1.54) is 6.07 Å². The number of unbranched alkanes of at least 4 members (excludes halogenated alkanes) is 1. The predicted octanol–water partition coefficient (Wildman–Crippen LogP) is 4.14. The normalized spacial score (nSPS) is 11.9. The number of nitrogens with one attached hydrogen (secondary N) is 3. The molecule has 0 fully saturated rings. The summed E-state index contributed by atoms with van der Waals surface area (Å²) in [5.41, 5.74) is 4.96. The minimum absolute atomic E-state index is 0.207. The Morgan fingerprint density at radius 1 is 1.03 bits per heavy atom. The Labute approximate surface area is 170 Å². The van der Waals surface area contributed by atoms with Gasteiger partial charge >= 0.3 is 0 Å². The highest BCUT2D eigenvalue weighted by Gasteiger charge is 2.18. The Kier molecular flexibility index (Phi) is 8.54. The second-order valence-corrected chi connectivity index (χ2v) is 7.35. The number of anilines is 1. The summed E-state index contributed by atoms with van der Waals surface area (Å²) in [7, 11) is 0. The highest BCUT2D eigenvalue weighted by Crippen LogP contribution is 2.20. The molecule has 7 heteroatoms. The smallest absolute Gasteiger partial charge is 0.265 e. The minimum atomic E-state index is -0.621. The van der Waals surface area contributed by atoms with E-state index >= 15 is 0 Å². The molecule has 0 spiro atoms. The standard InChI is InChI=1S/C22H29F2N3O2/c1-14-10-17(7-8-19(14)23)13-25-9-5-4-6-20(22(28)27-29)26-18-11-15(2)21(24)16(3)12-18/h7-8,10-12,20,25-26,29H,4-6,9,13H2,1-3H3,(H,27,28)/t20-/m1/s1. The maximum Gasteiger partial charge on any atom is 0.265 e. The van der Waals surface area contributed by atoms with Crippen molar-refractivity contribution >= 4 is 11.6 Å². The average Bonchev–Trinajstić information content (AvgIpc) is 2.69. The molecule has 2 aromatic rings. The summed E-state index contributed by atoms with van der Waals surface area (Å²) in [6, 6.07) is 7.71. The van der Waals surface area contributed by atoms with Gasteiger partial charge in [0.2, 0.25) is 0 Å². The monoisotopic (exact) mass is 405 g/mol. The van der Waals surface area contributed by atoms with E-state index in [1.54, 1.807) is 44.5 Å². The van der Waals surface area contributed by atoms with Gasteiger partial charge in [0, 0.05) is 12.2 Å². The first-order chi connectivity index (χ1) is 13.8. The zero-order chi connectivity index (χ0) is 21.4. The van der Waals surface area contributed by atoms with Crippen LogP contribution in [0.2, 0.25) is 0 Å². The summed E-state index contributed by atoms with van der Waals surface area (Å²) in [5.74, 6) is -0.999. The zero-order valence-corrected chi connectivity index (χ0v) is 17.1. The lowest BCUT2D eigenvalue weighted by molar-refractivity contribution is -0.130. The van der Waals surface area contributed by atoms with Crippen LogP contribution in [0.3, 0.4) is 0 Å². The molecule has 0 saturated carbocycles. The fourth-order valence-corrected chi connectivity index (χ4v) is 3.23. The molecule has 29 heavy (non-hydrogen) atoms. The highest BCUT2D eigenvalue weighted by molar-refractivity contribution is 5.83. The van der Waals surface area contributed by atoms with Gasteiger partial charge in [0.15, 0.2) is 0 Å². The average molecular weight is 405 g/mol. The van der Waals surface area contributed by atoms with Gasteiger partial charge in [-0.25, -0.2) is 14.3 Å². The number of aryl methyl sites for hydroxylation is 3. The molecule has 0 aliphatic rings. The number of hydroxylamine groups is 1. The molecule has 0 unspecified atom stereocenters. The number of halogens is 2. The lowest BCUT2D eigenvalue weighted by Crippen LogP contribution is -2.38. The van der Waals surface area contributed by atoms with Gasteiger partial charge in [-0.2, -0.15) is 0 Å². The van der Waals surface area contributed by atoms with Crippen LogP contribution in [0.1, 0.15) is 41.5 Å². The van der Waals surface area contributed by atoms with Crippen LogP contribution in [0.5, 0.6) is 0 Å². The van der Waals surface area contributed by atoms with Crippen LogP contribution in [-0.2, 0) is 11.3 Å². The SMILES string of the molecule is Cc1cc(CNCCCC[C@@H](Nc2cc(C)c(F)c(C)c2)C(=O)NO)ccc1F. The van der Waals surface area contributed by atoms with Gasteiger partial charge in [-0.15, -0.1) is 0 Å². The van der Waals surface area contributed by atoms with Crippen molar-refractivity contribution in [3.8, 4) is 0 Å². The third kappa shape index (κ3) is 6.80. The summed E-state index contributed by atoms with van der Waals surface area (Å²) in [5, 5.41) is 15.4. The molecule has 2 rings (SSSR count). The van der Waals surface area contributed by atoms with Crippen molar-refractivity contribution in [1.29, 1.82) is 0 Å². The molecular formula is C22H29F2N3O2. The van der Waals surface area contributed by atoms with Crippen LogP contribution in [0.25, 0.3) is 0 Å². The summed E-state index contributed by atoms with van der Waals surface area (Å²) in [6.07, 6.45) is 2.09. The van der Waals surface area contributed by atoms with E-state index in [1.807, 2.05) is 6.07 Å². The Bertz CT molecular complexity index is 820. The van der Waals surface area contributed by atoms with E-state index in [0.29, 0.717) is 35.3 Å². The molecule has 0 aliphatic heterocycles. The molecule has 2 aromatic carbocycles. The van der Waals surface area contributed by atoms with Gasteiger partial charge in [-0.3, -0.25) is 10.0 Å². The van der Waals surface area contributed by atoms with E-state index in [4.69, 9.17) is 5.21 Å². The second kappa shape index (κ2) is 10.9. The molecular weight excluding hydrogens is 376 g/mol. The Morgan fingerprint density at radius 2 is 1.72 bits per heavy atom. The van der Waals surface area contributed by atoms with Gasteiger partial charge in [0.25, 0.3) is 5.91 Å². The molecule has 1 amide bonds. The Balaban J connectivity index is 1.80. The number of carbonyl (C=O) groups is 1. The molecule has 0 aromatic heterocycles. The number of hydrogen-bond acceptors (Lipinski definition) is 4. The van der Waals surface area contributed by atoms with Crippen molar-refractivity contribution < 1.29 is 18.8 Å². The van der Waals surface area contributed by atoms with Crippen molar-refractivity contribution in [1.82, 2.24) is 10.8 Å². The number of benzene rings is 2. The van der Waals surface area contributed by atoms with E-state index in [2.05, 4.69) is 10.6 Å². The van der Waals surface area contributed by atoms with Crippen LogP contribution in [0.15, 0.2) is 30.3 Å². The van der Waals surface area contributed by atoms with Crippen molar-refractivity contribution in [3.05, 3.63) is 64.2 Å². The maximum atomic E-state index is 13.8. The molecule has 0 bridgehead atoms. The first-order valence-corrected chi connectivity index (χ1v) is 9.74. The van der Waals surface area contributed by atoms with Crippen molar-refractivity contribution in [3.63, 3.8) is 0 Å². The molecule has 1 atom stereocenters. The van der Waals surface area contributed by atoms with E-state index in [-0.39, 0.29) is 11.6 Å². The van der Waals surface area contributed by atoms with E-state index < -0.39 is 11.9 Å². The van der Waals surface area contributed by atoms with Crippen LogP contribution >= 0.6 is 0 Å². The minimum Gasteiger partial charge on any atom is -0.374 e. The molecule has 0 heterocycles. The van der Waals surface area contributed by atoms with E-state index in [0.717, 1.165) is 24.9 Å². The van der Waals surface area contributed by atoms with Crippen LogP contribution in [-0.4, -0.2) is 23.7 Å². The lowest BCUT2D eigenvalue weighted by atomic mass is 10.1. The van der Waals surface area contributed by atoms with Crippen molar-refractivity contribution in [2.45, 2.75) is 52.6 Å². The highest BCUT2D eigenvalue weighted by atomic mass is 19.1. The first-order valence-electron chi connectivity index (χ1n) is 9.74. The fourth-order valence-electron chi connectivity index (χ4n) is 3.23. The predicted molar refractivity (Wildman–Crippen MR) is 110 cm³/mol. The molecule has 4 N–H and O–H groups in total. The fraction of sp³-hybridized carbons (Fsp3) is 0.409. The molecule has 5 nitrogen and oxygen atoms in total. The molecule has 0 radical (unpaired) electrons. The van der Waals surface area contributed by atoms with Crippen molar-refractivity contribution in [2.75, 3.05) is 11.9 Å². The second-order valence-electron chi connectivity index (χ2n) is 7.35. The van der Waals surface area contributed by atoms with Crippen molar-refractivity contribution in [2.24, 2.45) is 0 Å². The van der Waals surface area contributed by atoms with E-state index in [9.17, 15) is 13.6 Å². The number of amides is 1. The molecule has 158 valence electrons. The van der Waals surface area contributed by atoms with Gasteiger partial charge in [-0.05, 0) is 87.0 Å². The summed E-state index contributed by atoms with van der Waals surface area (Å²) < 4.78 is 27.1. The zero-order valence-electron chi connectivity index (χ0n) is 17.1. The quantitative estimate of drug-likeness (QED) is 0.272. The number of carbonyl (C=O) groups excluding carboxylic acids is 1.